The summed E-state index contributed by atoms with van der Waals surface area (Å²) in [6.07, 6.45) is 4.59. The van der Waals surface area contributed by atoms with E-state index in [1.807, 2.05) is 24.3 Å². The summed E-state index contributed by atoms with van der Waals surface area (Å²) < 4.78 is 5.40. The fraction of sp³-hybridized carbons (Fsp3) is 0.556. The Morgan fingerprint density at radius 2 is 1.95 bits per heavy atom. The van der Waals surface area contributed by atoms with Crippen molar-refractivity contribution in [3.05, 3.63) is 48.0 Å². The van der Waals surface area contributed by atoms with Crippen molar-refractivity contribution >= 4 is 0 Å². The predicted molar refractivity (Wildman–Crippen MR) is 83.0 cm³/mol. The molecule has 5 unspecified atom stereocenters. The molecule has 1 saturated carbocycles. The van der Waals surface area contributed by atoms with Gasteiger partial charge in [-0.2, -0.15) is 0 Å². The normalized spacial score (nSPS) is 35.9. The molecule has 3 rings (SSSR count). The van der Waals surface area contributed by atoms with Crippen LogP contribution in [0, 0.1) is 11.8 Å². The van der Waals surface area contributed by atoms with Gasteiger partial charge in [-0.25, -0.2) is 0 Å². The minimum absolute atomic E-state index is 0.0338. The molecule has 22 heavy (non-hydrogen) atoms. The first kappa shape index (κ1) is 15.7. The van der Waals surface area contributed by atoms with Gasteiger partial charge < -0.3 is 20.1 Å². The Bertz CT molecular complexity index is 501. The maximum Gasteiger partial charge on any atom is 0.155 e. The summed E-state index contributed by atoms with van der Waals surface area (Å²) in [6, 6.07) is 10.1. The zero-order valence-electron chi connectivity index (χ0n) is 12.6. The molecule has 4 nitrogen and oxygen atoms in total. The van der Waals surface area contributed by atoms with Gasteiger partial charge in [0.05, 0.1) is 18.3 Å². The molecule has 1 heterocycles. The van der Waals surface area contributed by atoms with Crippen LogP contribution in [-0.4, -0.2) is 39.9 Å². The third-order valence-corrected chi connectivity index (χ3v) is 4.82. The van der Waals surface area contributed by atoms with E-state index in [9.17, 15) is 15.3 Å². The molecular weight excluding hydrogens is 280 g/mol. The molecule has 2 aliphatic rings. The van der Waals surface area contributed by atoms with Crippen LogP contribution in [0.25, 0.3) is 0 Å². The molecule has 0 aromatic heterocycles. The zero-order valence-corrected chi connectivity index (χ0v) is 12.6. The predicted octanol–water partition coefficient (Wildman–Crippen LogP) is 1.64. The summed E-state index contributed by atoms with van der Waals surface area (Å²) in [4.78, 5) is 0. The van der Waals surface area contributed by atoms with Gasteiger partial charge in [0.1, 0.15) is 0 Å². The van der Waals surface area contributed by atoms with Crippen molar-refractivity contribution < 1.29 is 20.1 Å². The van der Waals surface area contributed by atoms with Gasteiger partial charge in [-0.3, -0.25) is 0 Å². The van der Waals surface area contributed by atoms with E-state index < -0.39 is 18.5 Å². The zero-order chi connectivity index (χ0) is 15.5. The van der Waals surface area contributed by atoms with Crippen LogP contribution in [0.3, 0.4) is 0 Å². The van der Waals surface area contributed by atoms with Gasteiger partial charge in [0, 0.05) is 18.8 Å². The highest BCUT2D eigenvalue weighted by Gasteiger charge is 2.47. The third kappa shape index (κ3) is 3.58. The monoisotopic (exact) mass is 304 g/mol. The molecule has 2 fully saturated rings. The van der Waals surface area contributed by atoms with Gasteiger partial charge >= 0.3 is 0 Å². The van der Waals surface area contributed by atoms with E-state index in [2.05, 4.69) is 12.1 Å². The molecule has 0 amide bonds. The lowest BCUT2D eigenvalue weighted by molar-refractivity contribution is -0.0949. The Hall–Kier alpha value is -1.20. The first-order valence-corrected chi connectivity index (χ1v) is 8.05. The Balaban J connectivity index is 1.52. The number of ether oxygens (including phenoxy) is 1. The van der Waals surface area contributed by atoms with Gasteiger partial charge in [-0.1, -0.05) is 42.5 Å². The Kier molecular flexibility index (Phi) is 4.93. The van der Waals surface area contributed by atoms with Crippen LogP contribution in [0.4, 0.5) is 0 Å². The summed E-state index contributed by atoms with van der Waals surface area (Å²) in [6.45, 7) is 0. The smallest absolute Gasteiger partial charge is 0.155 e. The maximum absolute atomic E-state index is 10.1. The molecular formula is C18H24O4. The summed E-state index contributed by atoms with van der Waals surface area (Å²) >= 11 is 0. The van der Waals surface area contributed by atoms with Gasteiger partial charge in [0.2, 0.25) is 0 Å². The van der Waals surface area contributed by atoms with Crippen LogP contribution >= 0.6 is 0 Å². The van der Waals surface area contributed by atoms with Crippen molar-refractivity contribution in [2.24, 2.45) is 11.8 Å². The average molecular weight is 304 g/mol. The van der Waals surface area contributed by atoms with E-state index in [0.717, 1.165) is 6.42 Å². The molecule has 0 spiro atoms. The largest absolute Gasteiger partial charge is 0.392 e. The highest BCUT2D eigenvalue weighted by Crippen LogP contribution is 2.43. The molecule has 0 bridgehead atoms. The minimum atomic E-state index is -0.707. The number of benzene rings is 1. The number of aryl methyl sites for hydroxylation is 1. The van der Waals surface area contributed by atoms with E-state index in [-0.39, 0.29) is 17.9 Å². The molecule has 0 radical (unpaired) electrons. The summed E-state index contributed by atoms with van der Waals surface area (Å²) in [5.41, 5.74) is 1.21. The van der Waals surface area contributed by atoms with Crippen molar-refractivity contribution in [1.82, 2.24) is 0 Å². The Morgan fingerprint density at radius 1 is 1.18 bits per heavy atom. The standard InChI is InChI=1S/C18H24O4/c19-13(7-6-12-4-2-1-3-5-12)8-9-14-15-10-18(21)22-17(15)11-16(14)20/h1-5,8-9,13-21H,6-7,10-11H2/b9-8+/t13?,14-,15?,16?,17?,18?/m1/s1. The lowest BCUT2D eigenvalue weighted by Gasteiger charge is -2.16. The fourth-order valence-corrected chi connectivity index (χ4v) is 3.64. The van der Waals surface area contributed by atoms with Crippen molar-refractivity contribution in [2.45, 2.75) is 50.3 Å². The topological polar surface area (TPSA) is 69.9 Å². The van der Waals surface area contributed by atoms with Crippen LogP contribution < -0.4 is 0 Å². The quantitative estimate of drug-likeness (QED) is 0.723. The van der Waals surface area contributed by atoms with Crippen LogP contribution in [0.5, 0.6) is 0 Å². The van der Waals surface area contributed by atoms with Crippen LogP contribution in [-0.2, 0) is 11.2 Å². The second-order valence-corrected chi connectivity index (χ2v) is 6.39. The maximum atomic E-state index is 10.1. The Morgan fingerprint density at radius 3 is 2.73 bits per heavy atom. The minimum Gasteiger partial charge on any atom is -0.392 e. The second-order valence-electron chi connectivity index (χ2n) is 6.39. The molecule has 1 saturated heterocycles. The molecule has 3 N–H and O–H groups in total. The molecule has 1 aromatic carbocycles. The highest BCUT2D eigenvalue weighted by atomic mass is 16.6. The van der Waals surface area contributed by atoms with Crippen molar-refractivity contribution in [3.8, 4) is 0 Å². The van der Waals surface area contributed by atoms with Crippen molar-refractivity contribution in [2.75, 3.05) is 0 Å². The lowest BCUT2D eigenvalue weighted by Crippen LogP contribution is -2.19. The molecule has 1 aliphatic carbocycles. The van der Waals surface area contributed by atoms with Gasteiger partial charge in [0.15, 0.2) is 6.29 Å². The number of fused-ring (bicyclic) bond motifs is 1. The average Bonchev–Trinajstić information content (AvgIpc) is 2.99. The molecule has 120 valence electrons. The van der Waals surface area contributed by atoms with Crippen molar-refractivity contribution in [3.63, 3.8) is 0 Å². The molecule has 1 aromatic rings. The van der Waals surface area contributed by atoms with Crippen LogP contribution in [0.2, 0.25) is 0 Å². The van der Waals surface area contributed by atoms with E-state index in [1.54, 1.807) is 6.08 Å². The highest BCUT2D eigenvalue weighted by molar-refractivity contribution is 5.15. The van der Waals surface area contributed by atoms with Crippen LogP contribution in [0.1, 0.15) is 24.8 Å². The summed E-state index contributed by atoms with van der Waals surface area (Å²) in [5, 5.41) is 29.8. The third-order valence-electron chi connectivity index (χ3n) is 4.82. The first-order chi connectivity index (χ1) is 10.6. The summed E-state index contributed by atoms with van der Waals surface area (Å²) in [5.74, 6) is 0.121. The number of hydrogen-bond donors (Lipinski definition) is 3. The van der Waals surface area contributed by atoms with E-state index in [4.69, 9.17) is 4.74 Å². The lowest BCUT2D eigenvalue weighted by atomic mass is 9.91. The number of hydrogen-bond acceptors (Lipinski definition) is 4. The number of aliphatic hydroxyl groups is 3. The number of aliphatic hydroxyl groups excluding tert-OH is 3. The summed E-state index contributed by atoms with van der Waals surface area (Å²) in [7, 11) is 0. The van der Waals surface area contributed by atoms with Crippen LogP contribution in [0.15, 0.2) is 42.5 Å². The molecule has 4 heteroatoms. The Labute approximate surface area is 131 Å². The van der Waals surface area contributed by atoms with Gasteiger partial charge in [-0.05, 0) is 24.3 Å². The van der Waals surface area contributed by atoms with E-state index >= 15 is 0 Å². The first-order valence-electron chi connectivity index (χ1n) is 8.05. The van der Waals surface area contributed by atoms with Crippen molar-refractivity contribution in [1.29, 1.82) is 0 Å². The van der Waals surface area contributed by atoms with Gasteiger partial charge in [-0.15, -0.1) is 0 Å². The second kappa shape index (κ2) is 6.92. The molecule has 1 aliphatic heterocycles. The van der Waals surface area contributed by atoms with Gasteiger partial charge in [0.25, 0.3) is 0 Å². The SMILES string of the molecule is OC(/C=C/[C@H]1C(O)CC2OC(O)CC21)CCc1ccccc1. The number of rotatable bonds is 5. The fourth-order valence-electron chi connectivity index (χ4n) is 3.64. The van der Waals surface area contributed by atoms with E-state index in [1.165, 1.54) is 5.56 Å². The van der Waals surface area contributed by atoms with E-state index in [0.29, 0.717) is 19.3 Å². The molecule has 6 atom stereocenters.